The van der Waals surface area contributed by atoms with E-state index in [-0.39, 0.29) is 34.8 Å². The van der Waals surface area contributed by atoms with E-state index in [1.807, 2.05) is 39.8 Å². The number of aromatic hydroxyl groups is 2. The topological polar surface area (TPSA) is 97.6 Å². The number of phenols is 2. The summed E-state index contributed by atoms with van der Waals surface area (Å²) in [6.45, 7) is 0. The number of rotatable bonds is 4. The molecular weight excluding hydrogens is 597 g/mol. The molecule has 0 aromatic heterocycles. The van der Waals surface area contributed by atoms with Gasteiger partial charge in [-0.3, -0.25) is 0 Å². The number of fused-ring (bicyclic) bond motifs is 6. The normalized spacial score (nSPS) is 27.5. The highest BCUT2D eigenvalue weighted by molar-refractivity contribution is 8.76. The van der Waals surface area contributed by atoms with E-state index in [2.05, 4.69) is 0 Å². The van der Waals surface area contributed by atoms with Crippen molar-refractivity contribution in [2.45, 2.75) is 74.2 Å². The van der Waals surface area contributed by atoms with E-state index >= 15 is 0 Å². The van der Waals surface area contributed by atoms with E-state index in [0.29, 0.717) is 22.5 Å². The molecule has 0 saturated heterocycles. The molecule has 0 spiro atoms. The zero-order valence-electron chi connectivity index (χ0n) is 25.4. The number of methoxy groups -OCH3 is 3. The van der Waals surface area contributed by atoms with Gasteiger partial charge in [-0.15, -0.1) is 0 Å². The summed E-state index contributed by atoms with van der Waals surface area (Å²) >= 11 is 0. The van der Waals surface area contributed by atoms with Gasteiger partial charge in [0.25, 0.3) is 0 Å². The highest BCUT2D eigenvalue weighted by Crippen LogP contribution is 2.57. The van der Waals surface area contributed by atoms with Crippen LogP contribution in [0.3, 0.4) is 0 Å². The molecule has 2 aliphatic carbocycles. The van der Waals surface area contributed by atoms with E-state index in [4.69, 9.17) is 18.9 Å². The molecule has 0 amide bonds. The predicted molar refractivity (Wildman–Crippen MR) is 175 cm³/mol. The van der Waals surface area contributed by atoms with Gasteiger partial charge >= 0.3 is 0 Å². The van der Waals surface area contributed by atoms with Crippen molar-refractivity contribution in [3.05, 3.63) is 58.7 Å². The molecule has 7 nitrogen and oxygen atoms in total. The molecule has 234 valence electrons. The minimum absolute atomic E-state index is 0.0873. The summed E-state index contributed by atoms with van der Waals surface area (Å²) < 4.78 is 23.7. The molecule has 3 aromatic rings. The van der Waals surface area contributed by atoms with Gasteiger partial charge in [0, 0.05) is 39.7 Å². The Hall–Kier alpha value is -2.88. The van der Waals surface area contributed by atoms with E-state index < -0.39 is 12.2 Å². The van der Waals surface area contributed by atoms with Gasteiger partial charge in [0.2, 0.25) is 5.75 Å². The van der Waals surface area contributed by atoms with Crippen molar-refractivity contribution in [1.29, 1.82) is 0 Å². The molecule has 2 heterocycles. The molecular formula is C35H40O7S2. The van der Waals surface area contributed by atoms with E-state index in [9.17, 15) is 15.3 Å². The lowest BCUT2D eigenvalue weighted by molar-refractivity contribution is 0.00421. The second-order valence-corrected chi connectivity index (χ2v) is 15.3. The molecule has 4 bridgehead atoms. The van der Waals surface area contributed by atoms with Crippen LogP contribution in [0.1, 0.15) is 78.7 Å². The van der Waals surface area contributed by atoms with Gasteiger partial charge < -0.3 is 34.3 Å². The second kappa shape index (κ2) is 12.1. The minimum atomic E-state index is -0.851. The fourth-order valence-electron chi connectivity index (χ4n) is 7.95. The summed E-state index contributed by atoms with van der Waals surface area (Å²) in [5.74, 6) is 3.67. The van der Waals surface area contributed by atoms with Crippen LogP contribution in [0.25, 0.3) is 11.1 Å². The molecule has 0 radical (unpaired) electrons. The third kappa shape index (κ3) is 5.14. The molecule has 6 atom stereocenters. The third-order valence-corrected chi connectivity index (χ3v) is 13.1. The van der Waals surface area contributed by atoms with Gasteiger partial charge in [-0.05, 0) is 84.9 Å². The van der Waals surface area contributed by atoms with Gasteiger partial charge in [0.1, 0.15) is 23.4 Å². The monoisotopic (exact) mass is 636 g/mol. The Bertz CT molecular complexity index is 1530. The fraction of sp³-hybridized carbons (Fsp3) is 0.486. The van der Waals surface area contributed by atoms with Crippen molar-refractivity contribution in [3.63, 3.8) is 0 Å². The number of hydrogen-bond donors (Lipinski definition) is 3. The van der Waals surface area contributed by atoms with Crippen LogP contribution >= 0.6 is 21.6 Å². The molecule has 2 aliphatic heterocycles. The van der Waals surface area contributed by atoms with Crippen LogP contribution in [-0.2, 0) is 6.42 Å². The van der Waals surface area contributed by atoms with E-state index in [0.717, 1.165) is 41.0 Å². The summed E-state index contributed by atoms with van der Waals surface area (Å²) in [7, 11) is 8.53. The van der Waals surface area contributed by atoms with Gasteiger partial charge in [0.15, 0.2) is 17.6 Å². The minimum Gasteiger partial charge on any atom is -0.508 e. The first-order chi connectivity index (χ1) is 21.4. The standard InChI is InChI=1S/C35H40O7S2/c1-39-27-16-28-32-25-12-19(24-15-21(36)9-10-23(24)31(25)27)8-7-18-5-4-6-22(11-18)44-43-17-26(32)33(37)35(42-28)20-13-29(40-2)34(38)30(14-20)41-3/h9-10,13-16,18-19,22,26,33,35-38H,4-8,11-12,17H2,1-3H3/t18-,19+,22-,26+,33-,35+/m1/s1. The Balaban J connectivity index is 1.41. The van der Waals surface area contributed by atoms with Crippen molar-refractivity contribution in [2.24, 2.45) is 5.92 Å². The molecule has 1 fully saturated rings. The van der Waals surface area contributed by atoms with Crippen molar-refractivity contribution in [1.82, 2.24) is 0 Å². The predicted octanol–water partition coefficient (Wildman–Crippen LogP) is 7.74. The number of benzene rings is 3. The summed E-state index contributed by atoms with van der Waals surface area (Å²) in [5.41, 5.74) is 6.21. The smallest absolute Gasteiger partial charge is 0.200 e. The largest absolute Gasteiger partial charge is 0.508 e. The fourth-order valence-corrected chi connectivity index (χ4v) is 11.1. The summed E-state index contributed by atoms with van der Waals surface area (Å²) in [6.07, 6.45) is 6.51. The first-order valence-electron chi connectivity index (χ1n) is 15.5. The maximum atomic E-state index is 12.2. The zero-order chi connectivity index (χ0) is 30.5. The maximum Gasteiger partial charge on any atom is 0.200 e. The molecule has 1 saturated carbocycles. The molecule has 4 aliphatic rings. The molecule has 0 unspecified atom stereocenters. The lowest BCUT2D eigenvalue weighted by Gasteiger charge is -2.41. The number of phenolic OH excluding ortho intramolecular Hbond substituents is 2. The summed E-state index contributed by atoms with van der Waals surface area (Å²) in [6, 6.07) is 11.1. The summed E-state index contributed by atoms with van der Waals surface area (Å²) in [5, 5.41) is 33.9. The molecule has 3 N–H and O–H groups in total. The Morgan fingerprint density at radius 2 is 1.66 bits per heavy atom. The van der Waals surface area contributed by atoms with Crippen LogP contribution in [0.5, 0.6) is 34.5 Å². The molecule has 7 rings (SSSR count). The van der Waals surface area contributed by atoms with Gasteiger partial charge in [-0.25, -0.2) is 0 Å². The van der Waals surface area contributed by atoms with Crippen LogP contribution in [0, 0.1) is 5.92 Å². The van der Waals surface area contributed by atoms with Crippen LogP contribution in [0.2, 0.25) is 0 Å². The average Bonchev–Trinajstić information content (AvgIpc) is 3.04. The Labute approximate surface area is 266 Å². The van der Waals surface area contributed by atoms with Crippen LogP contribution < -0.4 is 18.9 Å². The van der Waals surface area contributed by atoms with E-state index in [1.54, 1.807) is 25.3 Å². The summed E-state index contributed by atoms with van der Waals surface area (Å²) in [4.78, 5) is 0. The van der Waals surface area contributed by atoms with Crippen molar-refractivity contribution in [2.75, 3.05) is 27.1 Å². The highest BCUT2D eigenvalue weighted by Gasteiger charge is 2.44. The molecule has 3 aromatic carbocycles. The van der Waals surface area contributed by atoms with Crippen LogP contribution in [0.15, 0.2) is 36.4 Å². The van der Waals surface area contributed by atoms with Gasteiger partial charge in [0.05, 0.1) is 21.3 Å². The Kier molecular flexibility index (Phi) is 8.22. The van der Waals surface area contributed by atoms with Gasteiger partial charge in [-0.2, -0.15) is 0 Å². The van der Waals surface area contributed by atoms with Gasteiger partial charge in [-0.1, -0.05) is 40.5 Å². The maximum absolute atomic E-state index is 12.2. The zero-order valence-corrected chi connectivity index (χ0v) is 27.0. The second-order valence-electron chi connectivity index (χ2n) is 12.5. The third-order valence-electron chi connectivity index (χ3n) is 10.1. The van der Waals surface area contributed by atoms with Crippen molar-refractivity contribution in [3.8, 4) is 45.6 Å². The van der Waals surface area contributed by atoms with Crippen LogP contribution in [0.4, 0.5) is 0 Å². The van der Waals surface area contributed by atoms with E-state index in [1.165, 1.54) is 57.5 Å². The number of hydrogen-bond acceptors (Lipinski definition) is 9. The first kappa shape index (κ1) is 29.8. The molecule has 44 heavy (non-hydrogen) atoms. The average molecular weight is 637 g/mol. The first-order valence-corrected chi connectivity index (χ1v) is 17.9. The Morgan fingerprint density at radius 3 is 2.41 bits per heavy atom. The number of aliphatic hydroxyl groups is 1. The SMILES string of the molecule is COc1cc([C@@H]2Oc3cc(OC)c4c5c3[C@H](CSS[C@@H]3CCC[C@H](CC[C@@H](C5)c5cc(O)ccc5-4)C3)[C@H]2O)cc(OC)c1O. The quantitative estimate of drug-likeness (QED) is 0.249. The van der Waals surface area contributed by atoms with Crippen molar-refractivity contribution < 1.29 is 34.3 Å². The van der Waals surface area contributed by atoms with Crippen molar-refractivity contribution >= 4 is 21.6 Å². The number of aliphatic hydroxyl groups excluding tert-OH is 1. The highest BCUT2D eigenvalue weighted by atomic mass is 33.1. The number of ether oxygens (including phenoxy) is 4. The van der Waals surface area contributed by atoms with Crippen LogP contribution in [-0.4, -0.2) is 53.8 Å². The lowest BCUT2D eigenvalue weighted by atomic mass is 9.71. The lowest BCUT2D eigenvalue weighted by Crippen LogP contribution is -2.37. The Morgan fingerprint density at radius 1 is 0.886 bits per heavy atom. The molecule has 9 heteroatoms.